The van der Waals surface area contributed by atoms with E-state index in [-0.39, 0.29) is 23.8 Å². The average molecular weight is 423 g/mol. The number of halogens is 1. The smallest absolute Gasteiger partial charge is 0.342 e. The SMILES string of the molecule is O=C(OCC(=O)N1CCc2ccccc21)c1cc(I)ccc1O. The van der Waals surface area contributed by atoms with Gasteiger partial charge in [-0.3, -0.25) is 4.79 Å². The van der Waals surface area contributed by atoms with E-state index < -0.39 is 5.97 Å². The van der Waals surface area contributed by atoms with E-state index in [0.29, 0.717) is 6.54 Å². The highest BCUT2D eigenvalue weighted by Gasteiger charge is 2.25. The quantitative estimate of drug-likeness (QED) is 0.609. The highest BCUT2D eigenvalue weighted by molar-refractivity contribution is 14.1. The Morgan fingerprint density at radius 3 is 2.83 bits per heavy atom. The second-order valence-corrected chi connectivity index (χ2v) is 6.41. The zero-order valence-corrected chi connectivity index (χ0v) is 14.3. The molecule has 0 fully saturated rings. The number of esters is 1. The number of aromatic hydroxyl groups is 1. The Balaban J connectivity index is 1.66. The summed E-state index contributed by atoms with van der Waals surface area (Å²) in [5.41, 5.74) is 2.04. The van der Waals surface area contributed by atoms with Gasteiger partial charge in [0.25, 0.3) is 5.91 Å². The molecule has 1 aliphatic heterocycles. The van der Waals surface area contributed by atoms with Gasteiger partial charge in [-0.25, -0.2) is 4.79 Å². The molecule has 0 radical (unpaired) electrons. The maximum atomic E-state index is 12.3. The summed E-state index contributed by atoms with van der Waals surface area (Å²) in [6.45, 7) is 0.238. The molecule has 1 aliphatic rings. The summed E-state index contributed by atoms with van der Waals surface area (Å²) in [6, 6.07) is 12.3. The first kappa shape index (κ1) is 15.8. The van der Waals surface area contributed by atoms with Crippen LogP contribution in [0.3, 0.4) is 0 Å². The van der Waals surface area contributed by atoms with Crippen LogP contribution in [0.4, 0.5) is 5.69 Å². The number of rotatable bonds is 3. The number of carbonyl (C=O) groups is 2. The lowest BCUT2D eigenvalue weighted by Crippen LogP contribution is -2.33. The number of anilines is 1. The standard InChI is InChI=1S/C17H14INO4/c18-12-5-6-15(20)13(9-12)17(22)23-10-16(21)19-8-7-11-3-1-2-4-14(11)19/h1-6,9,20H,7-8,10H2. The first-order valence-electron chi connectivity index (χ1n) is 7.10. The Morgan fingerprint density at radius 2 is 2.00 bits per heavy atom. The third-order valence-corrected chi connectivity index (χ3v) is 4.36. The van der Waals surface area contributed by atoms with Gasteiger partial charge in [-0.1, -0.05) is 18.2 Å². The lowest BCUT2D eigenvalue weighted by molar-refractivity contribution is -0.121. The zero-order chi connectivity index (χ0) is 16.4. The predicted molar refractivity (Wildman–Crippen MR) is 93.6 cm³/mol. The molecule has 0 aromatic heterocycles. The summed E-state index contributed by atoms with van der Waals surface area (Å²) in [6.07, 6.45) is 0.799. The van der Waals surface area contributed by atoms with E-state index in [0.717, 1.165) is 21.2 Å². The van der Waals surface area contributed by atoms with Gasteiger partial charge in [0.2, 0.25) is 0 Å². The van der Waals surface area contributed by atoms with Crippen molar-refractivity contribution in [2.75, 3.05) is 18.1 Å². The number of amides is 1. The first-order valence-corrected chi connectivity index (χ1v) is 8.18. The molecule has 0 aliphatic carbocycles. The van der Waals surface area contributed by atoms with Gasteiger partial charge in [-0.05, 0) is 58.8 Å². The van der Waals surface area contributed by atoms with Crippen molar-refractivity contribution >= 4 is 40.2 Å². The summed E-state index contributed by atoms with van der Waals surface area (Å²) in [5, 5.41) is 9.71. The van der Waals surface area contributed by atoms with E-state index in [1.807, 2.05) is 46.9 Å². The predicted octanol–water partition coefficient (Wildman–Crippen LogP) is 2.74. The second-order valence-electron chi connectivity index (χ2n) is 5.16. The van der Waals surface area contributed by atoms with Crippen LogP contribution in [0.5, 0.6) is 5.75 Å². The average Bonchev–Trinajstić information content (AvgIpc) is 2.98. The van der Waals surface area contributed by atoms with Crippen LogP contribution in [0.15, 0.2) is 42.5 Å². The molecule has 1 N–H and O–H groups in total. The first-order chi connectivity index (χ1) is 11.1. The van der Waals surface area contributed by atoms with Crippen LogP contribution in [-0.4, -0.2) is 30.1 Å². The number of phenols is 1. The van der Waals surface area contributed by atoms with Crippen molar-refractivity contribution in [2.24, 2.45) is 0 Å². The Kier molecular flexibility index (Phi) is 4.51. The fraction of sp³-hybridized carbons (Fsp3) is 0.176. The zero-order valence-electron chi connectivity index (χ0n) is 12.2. The number of nitrogens with zero attached hydrogens (tertiary/aromatic N) is 1. The molecule has 0 bridgehead atoms. The number of hydrogen-bond donors (Lipinski definition) is 1. The maximum Gasteiger partial charge on any atom is 0.342 e. The van der Waals surface area contributed by atoms with Crippen LogP contribution in [0.1, 0.15) is 15.9 Å². The number of carbonyl (C=O) groups excluding carboxylic acids is 2. The lowest BCUT2D eigenvalue weighted by Gasteiger charge is -2.17. The monoisotopic (exact) mass is 423 g/mol. The summed E-state index contributed by atoms with van der Waals surface area (Å²) in [7, 11) is 0. The molecule has 0 spiro atoms. The largest absolute Gasteiger partial charge is 0.507 e. The van der Waals surface area contributed by atoms with Crippen molar-refractivity contribution in [3.63, 3.8) is 0 Å². The van der Waals surface area contributed by atoms with Gasteiger partial charge in [0.05, 0.1) is 0 Å². The summed E-state index contributed by atoms with van der Waals surface area (Å²) < 4.78 is 5.86. The number of benzene rings is 2. The van der Waals surface area contributed by atoms with Gasteiger partial charge in [0.15, 0.2) is 6.61 Å². The fourth-order valence-corrected chi connectivity index (χ4v) is 3.04. The van der Waals surface area contributed by atoms with Crippen molar-refractivity contribution in [1.29, 1.82) is 0 Å². The van der Waals surface area contributed by atoms with Crippen molar-refractivity contribution in [1.82, 2.24) is 0 Å². The Morgan fingerprint density at radius 1 is 1.22 bits per heavy atom. The molecule has 23 heavy (non-hydrogen) atoms. The maximum absolute atomic E-state index is 12.3. The van der Waals surface area contributed by atoms with Gasteiger partial charge in [0.1, 0.15) is 11.3 Å². The molecule has 1 heterocycles. The minimum absolute atomic E-state index is 0.0616. The molecule has 0 saturated carbocycles. The fourth-order valence-electron chi connectivity index (χ4n) is 2.55. The molecule has 118 valence electrons. The van der Waals surface area contributed by atoms with E-state index >= 15 is 0 Å². The van der Waals surface area contributed by atoms with Gasteiger partial charge in [-0.15, -0.1) is 0 Å². The van der Waals surface area contributed by atoms with Crippen LogP contribution in [0.25, 0.3) is 0 Å². The highest BCUT2D eigenvalue weighted by Crippen LogP contribution is 2.27. The van der Waals surface area contributed by atoms with Crippen LogP contribution in [-0.2, 0) is 16.0 Å². The van der Waals surface area contributed by atoms with Crippen molar-refractivity contribution < 1.29 is 19.4 Å². The van der Waals surface area contributed by atoms with E-state index in [4.69, 9.17) is 4.74 Å². The minimum Gasteiger partial charge on any atom is -0.507 e. The highest BCUT2D eigenvalue weighted by atomic mass is 127. The molecule has 2 aromatic carbocycles. The Bertz CT molecular complexity index is 775. The van der Waals surface area contributed by atoms with E-state index in [1.165, 1.54) is 12.1 Å². The van der Waals surface area contributed by atoms with Crippen LogP contribution in [0, 0.1) is 3.57 Å². The molecule has 5 nitrogen and oxygen atoms in total. The molecule has 0 atom stereocenters. The van der Waals surface area contributed by atoms with E-state index in [9.17, 15) is 14.7 Å². The number of phenolic OH excluding ortho intramolecular Hbond substituents is 1. The second kappa shape index (κ2) is 6.57. The molecule has 0 saturated heterocycles. The topological polar surface area (TPSA) is 66.8 Å². The summed E-state index contributed by atoms with van der Waals surface area (Å²) in [5.74, 6) is -1.13. The van der Waals surface area contributed by atoms with Crippen molar-refractivity contribution in [2.45, 2.75) is 6.42 Å². The molecular formula is C17H14INO4. The molecule has 0 unspecified atom stereocenters. The van der Waals surface area contributed by atoms with E-state index in [1.54, 1.807) is 11.0 Å². The normalized spacial score (nSPS) is 12.8. The van der Waals surface area contributed by atoms with Gasteiger partial charge in [-0.2, -0.15) is 0 Å². The van der Waals surface area contributed by atoms with Gasteiger partial charge >= 0.3 is 5.97 Å². The Hall–Kier alpha value is -2.09. The third-order valence-electron chi connectivity index (χ3n) is 3.69. The number of para-hydroxylation sites is 1. The number of fused-ring (bicyclic) bond motifs is 1. The minimum atomic E-state index is -0.707. The van der Waals surface area contributed by atoms with Gasteiger partial charge < -0.3 is 14.7 Å². The molecule has 1 amide bonds. The van der Waals surface area contributed by atoms with Crippen LogP contribution >= 0.6 is 22.6 Å². The number of ether oxygens (including phenoxy) is 1. The van der Waals surface area contributed by atoms with Gasteiger partial charge in [0, 0.05) is 15.8 Å². The third kappa shape index (κ3) is 3.31. The molecular weight excluding hydrogens is 409 g/mol. The molecule has 3 rings (SSSR count). The number of hydrogen-bond acceptors (Lipinski definition) is 4. The van der Waals surface area contributed by atoms with Crippen molar-refractivity contribution in [3.8, 4) is 5.75 Å². The summed E-state index contributed by atoms with van der Waals surface area (Å²) in [4.78, 5) is 25.9. The van der Waals surface area contributed by atoms with E-state index in [2.05, 4.69) is 0 Å². The molecule has 6 heteroatoms. The summed E-state index contributed by atoms with van der Waals surface area (Å²) >= 11 is 2.03. The van der Waals surface area contributed by atoms with Crippen LogP contribution < -0.4 is 4.90 Å². The van der Waals surface area contributed by atoms with Crippen LogP contribution in [0.2, 0.25) is 0 Å². The Labute approximate surface area is 147 Å². The van der Waals surface area contributed by atoms with Crippen molar-refractivity contribution in [3.05, 3.63) is 57.2 Å². The lowest BCUT2D eigenvalue weighted by atomic mass is 10.2. The molecule has 2 aromatic rings.